The molecule has 6 heteroatoms. The summed E-state index contributed by atoms with van der Waals surface area (Å²) < 4.78 is 2.23. The van der Waals surface area contributed by atoms with Gasteiger partial charge in [-0.05, 0) is 18.6 Å². The molecule has 2 aromatic rings. The van der Waals surface area contributed by atoms with E-state index in [0.29, 0.717) is 12.2 Å². The first-order valence-corrected chi connectivity index (χ1v) is 6.72. The van der Waals surface area contributed by atoms with Crippen LogP contribution in [0.2, 0.25) is 0 Å². The summed E-state index contributed by atoms with van der Waals surface area (Å²) in [5.74, 6) is -0.470. The van der Waals surface area contributed by atoms with Crippen molar-refractivity contribution in [3.63, 3.8) is 0 Å². The fourth-order valence-corrected chi connectivity index (χ4v) is 1.93. The largest absolute Gasteiger partial charge is 0.352 e. The normalized spacial score (nSPS) is 10.4. The van der Waals surface area contributed by atoms with Crippen LogP contribution in [-0.4, -0.2) is 21.6 Å². The summed E-state index contributed by atoms with van der Waals surface area (Å²) in [6, 6.07) is 8.86. The van der Waals surface area contributed by atoms with Crippen molar-refractivity contribution in [2.75, 3.05) is 6.54 Å². The maximum Gasteiger partial charge on any atom is 0.335 e. The number of nitrogens with zero attached hydrogens (tertiary/aromatic N) is 2. The molecular weight excluding hydrogens is 270 g/mol. The molecule has 0 aliphatic carbocycles. The molecule has 1 heterocycles. The fraction of sp³-hybridized carbons (Fsp3) is 0.267. The number of benzene rings is 1. The standard InChI is InChI=1S/C15H17N3O3/c1-3-9-16-13(19)12-10-18(11-7-5-4-6-8-11)15(21)17(2)14(12)20/h4-8,10H,3,9H2,1-2H3,(H,16,19). The van der Waals surface area contributed by atoms with Crippen molar-refractivity contribution in [2.45, 2.75) is 13.3 Å². The van der Waals surface area contributed by atoms with Crippen LogP contribution in [0.25, 0.3) is 5.69 Å². The molecule has 6 nitrogen and oxygen atoms in total. The van der Waals surface area contributed by atoms with Crippen LogP contribution in [0.5, 0.6) is 0 Å². The minimum Gasteiger partial charge on any atom is -0.352 e. The topological polar surface area (TPSA) is 73.1 Å². The third-order valence-electron chi connectivity index (χ3n) is 3.10. The number of carbonyl (C=O) groups is 1. The zero-order valence-electron chi connectivity index (χ0n) is 12.0. The highest BCUT2D eigenvalue weighted by molar-refractivity contribution is 5.93. The molecule has 0 aliphatic rings. The average molecular weight is 287 g/mol. The van der Waals surface area contributed by atoms with Gasteiger partial charge in [0.2, 0.25) is 0 Å². The molecule has 110 valence electrons. The van der Waals surface area contributed by atoms with Crippen molar-refractivity contribution in [3.05, 3.63) is 62.9 Å². The highest BCUT2D eigenvalue weighted by Crippen LogP contribution is 2.03. The number of hydrogen-bond donors (Lipinski definition) is 1. The summed E-state index contributed by atoms with van der Waals surface area (Å²) in [6.07, 6.45) is 2.06. The van der Waals surface area contributed by atoms with E-state index in [0.717, 1.165) is 11.0 Å². The van der Waals surface area contributed by atoms with Gasteiger partial charge in [0.05, 0.1) is 5.69 Å². The number of aromatic nitrogens is 2. The Kier molecular flexibility index (Phi) is 4.37. The Balaban J connectivity index is 2.59. The lowest BCUT2D eigenvalue weighted by Gasteiger charge is -2.10. The van der Waals surface area contributed by atoms with Gasteiger partial charge in [0, 0.05) is 19.8 Å². The van der Waals surface area contributed by atoms with Gasteiger partial charge in [0.1, 0.15) is 5.56 Å². The second kappa shape index (κ2) is 6.21. The molecule has 2 rings (SSSR count). The van der Waals surface area contributed by atoms with E-state index in [9.17, 15) is 14.4 Å². The molecule has 0 fully saturated rings. The molecule has 1 amide bonds. The summed E-state index contributed by atoms with van der Waals surface area (Å²) in [4.78, 5) is 36.3. The van der Waals surface area contributed by atoms with E-state index in [1.165, 1.54) is 17.8 Å². The van der Waals surface area contributed by atoms with Crippen LogP contribution in [0.4, 0.5) is 0 Å². The zero-order valence-corrected chi connectivity index (χ0v) is 12.0. The second-order valence-electron chi connectivity index (χ2n) is 4.65. The summed E-state index contributed by atoms with van der Waals surface area (Å²) in [5, 5.41) is 2.65. The van der Waals surface area contributed by atoms with Crippen LogP contribution in [0.15, 0.2) is 46.1 Å². The Bertz CT molecular complexity index is 760. The van der Waals surface area contributed by atoms with E-state index in [4.69, 9.17) is 0 Å². The molecule has 0 aliphatic heterocycles. The number of carbonyl (C=O) groups excluding carboxylic acids is 1. The van der Waals surface area contributed by atoms with E-state index >= 15 is 0 Å². The van der Waals surface area contributed by atoms with Crippen molar-refractivity contribution in [1.29, 1.82) is 0 Å². The first-order chi connectivity index (χ1) is 10.1. The summed E-state index contributed by atoms with van der Waals surface area (Å²) in [5.41, 5.74) is -0.531. The van der Waals surface area contributed by atoms with E-state index in [1.54, 1.807) is 24.3 Å². The Morgan fingerprint density at radius 3 is 2.48 bits per heavy atom. The predicted molar refractivity (Wildman–Crippen MR) is 79.9 cm³/mol. The first kappa shape index (κ1) is 14.8. The van der Waals surface area contributed by atoms with Gasteiger partial charge in [0.25, 0.3) is 11.5 Å². The third kappa shape index (κ3) is 2.94. The van der Waals surface area contributed by atoms with Gasteiger partial charge in [0.15, 0.2) is 0 Å². The molecule has 1 aromatic heterocycles. The summed E-state index contributed by atoms with van der Waals surface area (Å²) in [7, 11) is 1.36. The number of para-hydroxylation sites is 1. The van der Waals surface area contributed by atoms with E-state index in [2.05, 4.69) is 5.32 Å². The predicted octanol–water partition coefficient (Wildman–Crippen LogP) is 0.676. The van der Waals surface area contributed by atoms with Gasteiger partial charge < -0.3 is 5.32 Å². The van der Waals surface area contributed by atoms with E-state index < -0.39 is 17.2 Å². The first-order valence-electron chi connectivity index (χ1n) is 6.72. The SMILES string of the molecule is CCCNC(=O)c1cn(-c2ccccc2)c(=O)n(C)c1=O. The smallest absolute Gasteiger partial charge is 0.335 e. The van der Waals surface area contributed by atoms with Crippen molar-refractivity contribution in [2.24, 2.45) is 7.05 Å². The van der Waals surface area contributed by atoms with Gasteiger partial charge >= 0.3 is 5.69 Å². The molecule has 0 spiro atoms. The van der Waals surface area contributed by atoms with Crippen molar-refractivity contribution in [1.82, 2.24) is 14.5 Å². The molecule has 21 heavy (non-hydrogen) atoms. The zero-order chi connectivity index (χ0) is 15.4. The van der Waals surface area contributed by atoms with Crippen LogP contribution in [0, 0.1) is 0 Å². The fourth-order valence-electron chi connectivity index (χ4n) is 1.93. The second-order valence-corrected chi connectivity index (χ2v) is 4.65. The minimum absolute atomic E-state index is 0.0468. The maximum absolute atomic E-state index is 12.2. The number of nitrogens with one attached hydrogen (secondary N) is 1. The lowest BCUT2D eigenvalue weighted by Crippen LogP contribution is -2.42. The van der Waals surface area contributed by atoms with Gasteiger partial charge in [-0.2, -0.15) is 0 Å². The Labute approximate surface area is 121 Å². The van der Waals surface area contributed by atoms with Crippen molar-refractivity contribution < 1.29 is 4.79 Å². The van der Waals surface area contributed by atoms with Gasteiger partial charge in [-0.15, -0.1) is 0 Å². The van der Waals surface area contributed by atoms with Crippen LogP contribution in [0.3, 0.4) is 0 Å². The van der Waals surface area contributed by atoms with Crippen LogP contribution < -0.4 is 16.6 Å². The molecule has 0 saturated carbocycles. The molecule has 0 bridgehead atoms. The number of hydrogen-bond acceptors (Lipinski definition) is 3. The molecule has 0 radical (unpaired) electrons. The molecular formula is C15H17N3O3. The molecule has 1 aromatic carbocycles. The van der Waals surface area contributed by atoms with Crippen LogP contribution >= 0.6 is 0 Å². The monoisotopic (exact) mass is 287 g/mol. The van der Waals surface area contributed by atoms with Crippen LogP contribution in [0.1, 0.15) is 23.7 Å². The highest BCUT2D eigenvalue weighted by Gasteiger charge is 2.15. The Hall–Kier alpha value is -2.63. The van der Waals surface area contributed by atoms with E-state index in [1.807, 2.05) is 13.0 Å². The highest BCUT2D eigenvalue weighted by atomic mass is 16.2. The third-order valence-corrected chi connectivity index (χ3v) is 3.10. The molecule has 0 atom stereocenters. The quantitative estimate of drug-likeness (QED) is 0.898. The molecule has 0 saturated heterocycles. The van der Waals surface area contributed by atoms with Crippen molar-refractivity contribution in [3.8, 4) is 5.69 Å². The average Bonchev–Trinajstić information content (AvgIpc) is 2.51. The van der Waals surface area contributed by atoms with Gasteiger partial charge in [-0.25, -0.2) is 4.79 Å². The minimum atomic E-state index is -0.596. The van der Waals surface area contributed by atoms with Gasteiger partial charge in [-0.1, -0.05) is 25.1 Å². The van der Waals surface area contributed by atoms with Crippen LogP contribution in [-0.2, 0) is 7.05 Å². The molecule has 0 unspecified atom stereocenters. The Morgan fingerprint density at radius 1 is 1.19 bits per heavy atom. The van der Waals surface area contributed by atoms with Gasteiger partial charge in [-0.3, -0.25) is 18.7 Å². The lowest BCUT2D eigenvalue weighted by atomic mass is 10.2. The number of rotatable bonds is 4. The summed E-state index contributed by atoms with van der Waals surface area (Å²) >= 11 is 0. The summed E-state index contributed by atoms with van der Waals surface area (Å²) in [6.45, 7) is 2.40. The van der Waals surface area contributed by atoms with Crippen molar-refractivity contribution >= 4 is 5.91 Å². The maximum atomic E-state index is 12.2. The molecule has 1 N–H and O–H groups in total. The van der Waals surface area contributed by atoms with E-state index in [-0.39, 0.29) is 5.56 Å². The Morgan fingerprint density at radius 2 is 1.86 bits per heavy atom. The lowest BCUT2D eigenvalue weighted by molar-refractivity contribution is 0.0950. The number of amides is 1.